The molecule has 2 aliphatic heterocycles. The number of nitrogens with zero attached hydrogens (tertiary/aromatic N) is 10. The van der Waals surface area contributed by atoms with Crippen LogP contribution in [0.25, 0.3) is 0 Å². The number of imide groups is 2. The molecule has 0 aliphatic carbocycles. The maximum Gasteiger partial charge on any atom is 0.325 e. The van der Waals surface area contributed by atoms with Gasteiger partial charge in [0.05, 0.1) is 23.9 Å². The van der Waals surface area contributed by atoms with Gasteiger partial charge in [-0.25, -0.2) is 42.1 Å². The van der Waals surface area contributed by atoms with Crippen LogP contribution in [0.1, 0.15) is 64.5 Å². The Labute approximate surface area is 427 Å². The van der Waals surface area contributed by atoms with E-state index in [4.69, 9.17) is 11.5 Å². The number of imidazole rings is 1. The van der Waals surface area contributed by atoms with Crippen LogP contribution < -0.4 is 31.9 Å². The number of aryl methyl sites for hydroxylation is 3. The van der Waals surface area contributed by atoms with Crippen LogP contribution in [-0.2, 0) is 52.5 Å². The van der Waals surface area contributed by atoms with Gasteiger partial charge in [-0.15, -0.1) is 0 Å². The van der Waals surface area contributed by atoms with Crippen molar-refractivity contribution in [1.82, 2.24) is 49.7 Å². The first-order chi connectivity index (χ1) is 35.6. The molecule has 4 aromatic heterocycles. The van der Waals surface area contributed by atoms with E-state index < -0.39 is 95.0 Å². The van der Waals surface area contributed by atoms with Crippen molar-refractivity contribution < 1.29 is 46.3 Å². The second kappa shape index (κ2) is 21.0. The molecule has 0 unspecified atom stereocenters. The number of halogens is 4. The monoisotopic (exact) mass is 1030 g/mol. The summed E-state index contributed by atoms with van der Waals surface area (Å²) in [5.41, 5.74) is 14.1. The molecule has 2 fully saturated rings. The van der Waals surface area contributed by atoms with Crippen molar-refractivity contribution >= 4 is 59.1 Å². The number of rotatable bonds is 15. The van der Waals surface area contributed by atoms with Gasteiger partial charge in [0.25, 0.3) is 11.8 Å². The maximum absolute atomic E-state index is 15.7. The Bertz CT molecular complexity index is 3230. The van der Waals surface area contributed by atoms with Crippen molar-refractivity contribution in [3.63, 3.8) is 0 Å². The third-order valence-corrected chi connectivity index (χ3v) is 13.9. The molecule has 2 aliphatic rings. The predicted molar refractivity (Wildman–Crippen MR) is 265 cm³/mol. The number of aromatic nitrogens is 6. The van der Waals surface area contributed by atoms with E-state index in [1.807, 2.05) is 0 Å². The minimum atomic E-state index is -1.70. The number of urea groups is 2. The molecule has 8 rings (SSSR count). The second-order valence-corrected chi connectivity index (χ2v) is 18.7. The molecule has 2 aromatic carbocycles. The van der Waals surface area contributed by atoms with E-state index in [1.165, 1.54) is 67.4 Å². The number of likely N-dealkylation sites (tertiary alicyclic amines) is 2. The van der Waals surface area contributed by atoms with E-state index >= 15 is 4.39 Å². The van der Waals surface area contributed by atoms with Gasteiger partial charge in [-0.3, -0.25) is 43.5 Å². The molecular weight excluding hydrogens is 981 g/mol. The Morgan fingerprint density at radius 1 is 0.707 bits per heavy atom. The van der Waals surface area contributed by atoms with E-state index in [2.05, 4.69) is 30.7 Å². The number of carbonyl (C=O) groups excluding carboxylic acids is 6. The lowest BCUT2D eigenvalue weighted by Gasteiger charge is -2.46. The van der Waals surface area contributed by atoms with Crippen molar-refractivity contribution in [2.24, 2.45) is 25.9 Å². The first kappa shape index (κ1) is 52.6. The topological polar surface area (TPSA) is 253 Å². The number of hydrogen-bond acceptors (Lipinski definition) is 12. The number of amides is 8. The lowest BCUT2D eigenvalue weighted by molar-refractivity contribution is -0.156. The lowest BCUT2D eigenvalue weighted by atomic mass is 9.81. The Morgan fingerprint density at radius 2 is 1.24 bits per heavy atom. The van der Waals surface area contributed by atoms with E-state index in [1.54, 1.807) is 63.0 Å². The maximum atomic E-state index is 15.7. The first-order valence-corrected chi connectivity index (χ1v) is 23.7. The first-order valence-electron chi connectivity index (χ1n) is 23.7. The van der Waals surface area contributed by atoms with Crippen LogP contribution in [0.2, 0.25) is 0 Å². The Hall–Kier alpha value is -8.70. The molecule has 20 nitrogen and oxygen atoms in total. The smallest absolute Gasteiger partial charge is 0.325 e. The van der Waals surface area contributed by atoms with Crippen molar-refractivity contribution in [1.29, 1.82) is 0 Å². The van der Waals surface area contributed by atoms with E-state index in [-0.39, 0.29) is 60.2 Å². The number of benzene rings is 2. The summed E-state index contributed by atoms with van der Waals surface area (Å²) in [6.45, 7) is 4.70. The SMILES string of the molecule is CC[C@@H](NC(=O)N1C(=O)[C@H](Cc2ccnc(N)c2)[C@H]1C(=O)N(C)c1cc(C[C@@H](NC(=O)N2C(=O)[C@H](Cc3ccnc(N)c3)[C@H]2C(=O)N(C)c2nccn2C)c2ccc(C)c(F)c2C)n(C)n1)c1cc(F)c(F)c(F)c1. The minimum Gasteiger partial charge on any atom is -0.384 e. The van der Waals surface area contributed by atoms with Gasteiger partial charge in [0.15, 0.2) is 23.3 Å². The summed E-state index contributed by atoms with van der Waals surface area (Å²) in [5, 5.41) is 10.0. The van der Waals surface area contributed by atoms with E-state index in [0.29, 0.717) is 32.8 Å². The number of nitrogens with one attached hydrogen (secondary N) is 2. The zero-order valence-electron chi connectivity index (χ0n) is 41.9. The molecular formula is C51H54F4N14O6. The summed E-state index contributed by atoms with van der Waals surface area (Å²) in [6.07, 6.45) is 5.97. The van der Waals surface area contributed by atoms with Gasteiger partial charge in [-0.2, -0.15) is 5.10 Å². The highest BCUT2D eigenvalue weighted by Crippen LogP contribution is 2.37. The van der Waals surface area contributed by atoms with Crippen molar-refractivity contribution in [2.75, 3.05) is 35.4 Å². The Morgan fingerprint density at radius 3 is 1.75 bits per heavy atom. The molecule has 8 amide bonds. The number of carbonyl (C=O) groups is 6. The molecule has 392 valence electrons. The summed E-state index contributed by atoms with van der Waals surface area (Å²) in [5.74, 6) is -9.46. The van der Waals surface area contributed by atoms with Gasteiger partial charge in [0.1, 0.15) is 29.5 Å². The highest BCUT2D eigenvalue weighted by atomic mass is 19.2. The van der Waals surface area contributed by atoms with Crippen LogP contribution in [-0.4, -0.2) is 101 Å². The fourth-order valence-corrected chi connectivity index (χ4v) is 9.69. The van der Waals surface area contributed by atoms with Gasteiger partial charge in [0.2, 0.25) is 17.8 Å². The van der Waals surface area contributed by atoms with Crippen molar-refractivity contribution in [3.05, 3.63) is 142 Å². The largest absolute Gasteiger partial charge is 0.384 e. The Balaban J connectivity index is 1.08. The van der Waals surface area contributed by atoms with Gasteiger partial charge in [-0.05, 0) is 103 Å². The number of nitrogen functional groups attached to an aromatic ring is 2. The molecule has 2 saturated heterocycles. The molecule has 6 heterocycles. The van der Waals surface area contributed by atoms with Crippen LogP contribution in [0.3, 0.4) is 0 Å². The summed E-state index contributed by atoms with van der Waals surface area (Å²) in [7, 11) is 6.09. The number of hydrogen-bond donors (Lipinski definition) is 4. The summed E-state index contributed by atoms with van der Waals surface area (Å²) in [6, 6.07) is 5.52. The van der Waals surface area contributed by atoms with E-state index in [0.717, 1.165) is 21.9 Å². The highest BCUT2D eigenvalue weighted by Gasteiger charge is 2.57. The molecule has 0 bridgehead atoms. The van der Waals surface area contributed by atoms with Crippen LogP contribution in [0.15, 0.2) is 79.4 Å². The molecule has 6 aromatic rings. The minimum absolute atomic E-state index is 0.0326. The number of nitrogens with two attached hydrogens (primary N) is 2. The molecule has 6 N–H and O–H groups in total. The van der Waals surface area contributed by atoms with Gasteiger partial charge in [0, 0.05) is 71.2 Å². The summed E-state index contributed by atoms with van der Waals surface area (Å²) >= 11 is 0. The molecule has 24 heteroatoms. The molecule has 75 heavy (non-hydrogen) atoms. The average molecular weight is 1040 g/mol. The van der Waals surface area contributed by atoms with Crippen LogP contribution >= 0.6 is 0 Å². The number of β-lactam (4-membered cyclic amide) rings is 2. The third-order valence-electron chi connectivity index (χ3n) is 13.9. The summed E-state index contributed by atoms with van der Waals surface area (Å²) in [4.78, 5) is 102. The third kappa shape index (κ3) is 10.2. The molecule has 6 atom stereocenters. The molecule has 0 radical (unpaired) electrons. The van der Waals surface area contributed by atoms with Crippen LogP contribution in [0.5, 0.6) is 0 Å². The van der Waals surface area contributed by atoms with E-state index in [9.17, 15) is 41.9 Å². The number of likely N-dealkylation sites (N-methyl/N-ethyl adjacent to an activating group) is 2. The van der Waals surface area contributed by atoms with Crippen LogP contribution in [0.4, 0.5) is 50.6 Å². The normalized spacial score (nSPS) is 18.0. The zero-order chi connectivity index (χ0) is 54.3. The van der Waals surface area contributed by atoms with Gasteiger partial charge < -0.3 is 26.7 Å². The zero-order valence-corrected chi connectivity index (χ0v) is 41.9. The fraction of sp³-hybridized carbons (Fsp3) is 0.333. The fourth-order valence-electron chi connectivity index (χ4n) is 9.69. The standard InChI is InChI=1S/C51H54F4N14O6/c1-8-36(29-21-34(52)42(55)35(53)22-29)61-50(74)68-43(32(45(68)70)17-27-11-13-58-38(56)19-27)47(72)65(5)40-24-30(67(7)63-40)23-37(31-10-9-25(2)41(54)26(31)3)62-51(75)69-44(48(73)66(6)49-60-15-16-64(49)4)33(46(69)71)18-28-12-14-59-39(57)20-28/h9-16,19-22,24,32-33,36-37,43-44H,8,17-18,23H2,1-7H3,(H2,56,58)(H2,57,59)(H,61,74)(H,62,75)/t32-,33-,36-,37-,43+,44+/m1/s1. The quantitative estimate of drug-likeness (QED) is 0.0609. The van der Waals surface area contributed by atoms with Crippen molar-refractivity contribution in [3.8, 4) is 0 Å². The van der Waals surface area contributed by atoms with Crippen LogP contribution in [0, 0.1) is 49.0 Å². The lowest BCUT2D eigenvalue weighted by Crippen LogP contribution is -2.70. The second-order valence-electron chi connectivity index (χ2n) is 18.7. The number of pyridine rings is 2. The molecule has 0 saturated carbocycles. The van der Waals surface area contributed by atoms with Gasteiger partial charge >= 0.3 is 12.1 Å². The van der Waals surface area contributed by atoms with Gasteiger partial charge in [-0.1, -0.05) is 19.1 Å². The Kier molecular flexibility index (Phi) is 14.8. The number of anilines is 4. The average Bonchev–Trinajstić information content (AvgIpc) is 3.98. The highest BCUT2D eigenvalue weighted by molar-refractivity contribution is 6.13. The van der Waals surface area contributed by atoms with Crippen molar-refractivity contribution in [2.45, 2.75) is 70.6 Å². The molecule has 0 spiro atoms. The summed E-state index contributed by atoms with van der Waals surface area (Å²) < 4.78 is 61.2. The predicted octanol–water partition coefficient (Wildman–Crippen LogP) is 4.90.